The van der Waals surface area contributed by atoms with Crippen LogP contribution in [0.3, 0.4) is 0 Å². The zero-order chi connectivity index (χ0) is 14.8. The molecule has 0 unspecified atom stereocenters. The molecule has 0 atom stereocenters. The first kappa shape index (κ1) is 14.5. The van der Waals surface area contributed by atoms with Gasteiger partial charge in [-0.3, -0.25) is 0 Å². The van der Waals surface area contributed by atoms with Gasteiger partial charge in [-0.2, -0.15) is 0 Å². The first-order valence-corrected chi connectivity index (χ1v) is 7.70. The van der Waals surface area contributed by atoms with E-state index in [1.807, 2.05) is 32.0 Å². The van der Waals surface area contributed by atoms with E-state index in [0.29, 0.717) is 12.6 Å². The Labute approximate surface area is 130 Å². The molecule has 1 fully saturated rings. The largest absolute Gasteiger partial charge is 0.486 e. The second-order valence-corrected chi connectivity index (χ2v) is 6.06. The summed E-state index contributed by atoms with van der Waals surface area (Å²) in [5.41, 5.74) is 2.23. The van der Waals surface area contributed by atoms with E-state index in [1.54, 1.807) is 0 Å². The molecule has 0 saturated heterocycles. The Kier molecular flexibility index (Phi) is 4.22. The number of halogens is 1. The van der Waals surface area contributed by atoms with Crippen LogP contribution in [0.2, 0.25) is 5.02 Å². The van der Waals surface area contributed by atoms with Crippen LogP contribution in [-0.4, -0.2) is 6.04 Å². The molecule has 1 aromatic carbocycles. The van der Waals surface area contributed by atoms with Gasteiger partial charge in [0.05, 0.1) is 0 Å². The molecule has 1 aliphatic carbocycles. The molecule has 4 heteroatoms. The van der Waals surface area contributed by atoms with Gasteiger partial charge in [0.2, 0.25) is 0 Å². The van der Waals surface area contributed by atoms with Crippen LogP contribution in [0.25, 0.3) is 0 Å². The molecule has 1 N–H and O–H groups in total. The summed E-state index contributed by atoms with van der Waals surface area (Å²) in [6, 6.07) is 8.45. The highest BCUT2D eigenvalue weighted by Gasteiger charge is 2.21. The van der Waals surface area contributed by atoms with Crippen LogP contribution in [-0.2, 0) is 13.2 Å². The van der Waals surface area contributed by atoms with Gasteiger partial charge in [-0.25, -0.2) is 0 Å². The van der Waals surface area contributed by atoms with Gasteiger partial charge in [-0.05, 0) is 56.5 Å². The zero-order valence-electron chi connectivity index (χ0n) is 12.4. The molecule has 112 valence electrons. The summed E-state index contributed by atoms with van der Waals surface area (Å²) < 4.78 is 11.5. The number of ether oxygens (including phenoxy) is 1. The van der Waals surface area contributed by atoms with Gasteiger partial charge >= 0.3 is 0 Å². The molecule has 0 radical (unpaired) electrons. The van der Waals surface area contributed by atoms with Crippen LogP contribution < -0.4 is 10.1 Å². The highest BCUT2D eigenvalue weighted by molar-refractivity contribution is 6.31. The first-order chi connectivity index (χ1) is 10.1. The zero-order valence-corrected chi connectivity index (χ0v) is 13.2. The maximum Gasteiger partial charge on any atom is 0.146 e. The van der Waals surface area contributed by atoms with Crippen LogP contribution in [0.15, 0.2) is 28.7 Å². The van der Waals surface area contributed by atoms with Crippen LogP contribution >= 0.6 is 11.6 Å². The Morgan fingerprint density at radius 2 is 2.10 bits per heavy atom. The maximum atomic E-state index is 6.01. The van der Waals surface area contributed by atoms with Gasteiger partial charge in [0, 0.05) is 23.2 Å². The summed E-state index contributed by atoms with van der Waals surface area (Å²) in [4.78, 5) is 0. The van der Waals surface area contributed by atoms with Crippen LogP contribution in [0.1, 0.15) is 35.5 Å². The van der Waals surface area contributed by atoms with E-state index in [4.69, 9.17) is 20.8 Å². The first-order valence-electron chi connectivity index (χ1n) is 7.32. The third kappa shape index (κ3) is 3.80. The summed E-state index contributed by atoms with van der Waals surface area (Å²) in [5.74, 6) is 2.63. The molecular weight excluding hydrogens is 286 g/mol. The van der Waals surface area contributed by atoms with Gasteiger partial charge in [0.15, 0.2) is 0 Å². The van der Waals surface area contributed by atoms with Crippen LogP contribution in [0, 0.1) is 13.8 Å². The van der Waals surface area contributed by atoms with Crippen molar-refractivity contribution in [2.75, 3.05) is 0 Å². The molecule has 0 amide bonds. The average Bonchev–Trinajstić information content (AvgIpc) is 3.22. The monoisotopic (exact) mass is 305 g/mol. The highest BCUT2D eigenvalue weighted by Crippen LogP contribution is 2.24. The molecule has 21 heavy (non-hydrogen) atoms. The van der Waals surface area contributed by atoms with Gasteiger partial charge in [0.25, 0.3) is 0 Å². The minimum Gasteiger partial charge on any atom is -0.486 e. The minimum atomic E-state index is 0.436. The van der Waals surface area contributed by atoms with Crippen molar-refractivity contribution in [1.82, 2.24) is 5.32 Å². The Balaban J connectivity index is 1.59. The van der Waals surface area contributed by atoms with Crippen molar-refractivity contribution in [2.24, 2.45) is 0 Å². The molecule has 0 spiro atoms. The van der Waals surface area contributed by atoms with Crippen molar-refractivity contribution in [3.63, 3.8) is 0 Å². The highest BCUT2D eigenvalue weighted by atomic mass is 35.5. The van der Waals surface area contributed by atoms with Crippen molar-refractivity contribution in [1.29, 1.82) is 0 Å². The molecule has 0 bridgehead atoms. The fraction of sp³-hybridized carbons (Fsp3) is 0.412. The molecule has 0 aliphatic heterocycles. The lowest BCUT2D eigenvalue weighted by Crippen LogP contribution is -2.15. The molecule has 2 aromatic rings. The third-order valence-corrected chi connectivity index (χ3v) is 4.16. The average molecular weight is 306 g/mol. The second kappa shape index (κ2) is 6.12. The summed E-state index contributed by atoms with van der Waals surface area (Å²) >= 11 is 6.01. The number of hydrogen-bond acceptors (Lipinski definition) is 3. The number of aryl methyl sites for hydroxylation is 2. The fourth-order valence-corrected chi connectivity index (χ4v) is 2.35. The van der Waals surface area contributed by atoms with E-state index in [0.717, 1.165) is 34.4 Å². The topological polar surface area (TPSA) is 34.4 Å². The summed E-state index contributed by atoms with van der Waals surface area (Å²) in [7, 11) is 0. The van der Waals surface area contributed by atoms with Crippen molar-refractivity contribution in [3.05, 3.63) is 51.9 Å². The van der Waals surface area contributed by atoms with Gasteiger partial charge in [-0.15, -0.1) is 0 Å². The molecule has 1 saturated carbocycles. The predicted octanol–water partition coefficient (Wildman–Crippen LogP) is 4.38. The normalized spacial score (nSPS) is 14.4. The number of nitrogens with one attached hydrogen (secondary N) is 1. The van der Waals surface area contributed by atoms with Crippen LogP contribution in [0.4, 0.5) is 0 Å². The molecule has 3 rings (SSSR count). The Bertz CT molecular complexity index is 632. The lowest BCUT2D eigenvalue weighted by atomic mass is 10.2. The molecule has 1 heterocycles. The second-order valence-electron chi connectivity index (χ2n) is 5.65. The number of rotatable bonds is 6. The minimum absolute atomic E-state index is 0.436. The van der Waals surface area contributed by atoms with E-state index < -0.39 is 0 Å². The van der Waals surface area contributed by atoms with E-state index in [1.165, 1.54) is 18.4 Å². The smallest absolute Gasteiger partial charge is 0.146 e. The van der Waals surface area contributed by atoms with E-state index >= 15 is 0 Å². The Morgan fingerprint density at radius 1 is 1.29 bits per heavy atom. The maximum absolute atomic E-state index is 6.01. The number of benzene rings is 1. The lowest BCUT2D eigenvalue weighted by Gasteiger charge is -2.05. The summed E-state index contributed by atoms with van der Waals surface area (Å²) in [6.07, 6.45) is 2.59. The number of furan rings is 1. The van der Waals surface area contributed by atoms with Crippen molar-refractivity contribution in [2.45, 2.75) is 45.9 Å². The van der Waals surface area contributed by atoms with Gasteiger partial charge < -0.3 is 14.5 Å². The quantitative estimate of drug-likeness (QED) is 0.860. The van der Waals surface area contributed by atoms with Crippen LogP contribution in [0.5, 0.6) is 5.75 Å². The molecule has 1 aromatic heterocycles. The van der Waals surface area contributed by atoms with Gasteiger partial charge in [0.1, 0.15) is 23.9 Å². The SMILES string of the molecule is Cc1cc(OCc2cc(CNC3CC3)c(C)o2)ccc1Cl. The standard InChI is InChI=1S/C17H20ClNO2/c1-11-7-15(5-6-17(11)18)20-10-16-8-13(12(2)21-16)9-19-14-3-4-14/h5-8,14,19H,3-4,9-10H2,1-2H3. The summed E-state index contributed by atoms with van der Waals surface area (Å²) in [6.45, 7) is 5.28. The Morgan fingerprint density at radius 3 is 2.81 bits per heavy atom. The van der Waals surface area contributed by atoms with Crippen molar-refractivity contribution >= 4 is 11.6 Å². The molecule has 1 aliphatic rings. The third-order valence-electron chi connectivity index (χ3n) is 3.74. The predicted molar refractivity (Wildman–Crippen MR) is 83.8 cm³/mol. The van der Waals surface area contributed by atoms with Gasteiger partial charge in [-0.1, -0.05) is 11.6 Å². The molecule has 3 nitrogen and oxygen atoms in total. The lowest BCUT2D eigenvalue weighted by molar-refractivity contribution is 0.267. The van der Waals surface area contributed by atoms with E-state index in [2.05, 4.69) is 11.4 Å². The Hall–Kier alpha value is -1.45. The van der Waals surface area contributed by atoms with E-state index in [-0.39, 0.29) is 0 Å². The van der Waals surface area contributed by atoms with Crippen molar-refractivity contribution in [3.8, 4) is 5.75 Å². The summed E-state index contributed by atoms with van der Waals surface area (Å²) in [5, 5.41) is 4.25. The number of hydrogen-bond donors (Lipinski definition) is 1. The van der Waals surface area contributed by atoms with E-state index in [9.17, 15) is 0 Å². The molecular formula is C17H20ClNO2. The fourth-order valence-electron chi connectivity index (χ4n) is 2.24. The van der Waals surface area contributed by atoms with Crippen molar-refractivity contribution < 1.29 is 9.15 Å².